The van der Waals surface area contributed by atoms with Crippen molar-refractivity contribution in [2.24, 2.45) is 0 Å². The Kier molecular flexibility index (Phi) is 5.08. The largest absolute Gasteiger partial charge is 0.345 e. The number of aryl methyl sites for hydroxylation is 1. The smallest absolute Gasteiger partial charge is 0.264 e. The van der Waals surface area contributed by atoms with Gasteiger partial charge in [0.15, 0.2) is 5.65 Å². The minimum absolute atomic E-state index is 0.118. The molecule has 2 heterocycles. The number of hydrogen-bond acceptors (Lipinski definition) is 5. The number of aromatic nitrogens is 4. The lowest BCUT2D eigenvalue weighted by molar-refractivity contribution is -0.130. The van der Waals surface area contributed by atoms with Crippen molar-refractivity contribution in [2.75, 3.05) is 13.6 Å². The van der Waals surface area contributed by atoms with Crippen LogP contribution in [0.25, 0.3) is 16.7 Å². The first kappa shape index (κ1) is 17.4. The molecule has 1 amide bonds. The van der Waals surface area contributed by atoms with E-state index >= 15 is 0 Å². The third-order valence-electron chi connectivity index (χ3n) is 4.11. The van der Waals surface area contributed by atoms with Crippen LogP contribution in [0.1, 0.15) is 12.8 Å². The highest BCUT2D eigenvalue weighted by Crippen LogP contribution is 2.13. The summed E-state index contributed by atoms with van der Waals surface area (Å²) in [6, 6.07) is 11.5. The third kappa shape index (κ3) is 3.47. The molecule has 8 nitrogen and oxygen atoms in total. The summed E-state index contributed by atoms with van der Waals surface area (Å²) in [5.41, 5.74) is 1.07. The average Bonchev–Trinajstić information content (AvgIpc) is 3.11. The molecule has 3 rings (SSSR count). The number of carbonyl (C=O) groups excluding carboxylic acids is 1. The van der Waals surface area contributed by atoms with Gasteiger partial charge in [-0.05, 0) is 12.1 Å². The van der Waals surface area contributed by atoms with E-state index in [1.807, 2.05) is 36.4 Å². The lowest BCUT2D eigenvalue weighted by Crippen LogP contribution is -2.30. The first-order valence-corrected chi connectivity index (χ1v) is 8.21. The van der Waals surface area contributed by atoms with Gasteiger partial charge >= 0.3 is 0 Å². The SMILES string of the molecule is CN(CCC#N)C(=O)CCn1cnc2c(cnn2-c2ccccc2)c1=O. The Hall–Kier alpha value is -3.47. The van der Waals surface area contributed by atoms with Crippen LogP contribution in [-0.4, -0.2) is 43.7 Å². The van der Waals surface area contributed by atoms with Crippen LogP contribution in [0.15, 0.2) is 47.7 Å². The molecule has 3 aromatic rings. The summed E-state index contributed by atoms with van der Waals surface area (Å²) < 4.78 is 3.03. The zero-order valence-electron chi connectivity index (χ0n) is 14.4. The van der Waals surface area contributed by atoms with E-state index in [4.69, 9.17) is 5.26 Å². The lowest BCUT2D eigenvalue weighted by atomic mass is 10.3. The van der Waals surface area contributed by atoms with Crippen molar-refractivity contribution in [3.8, 4) is 11.8 Å². The molecule has 0 bridgehead atoms. The second kappa shape index (κ2) is 7.61. The van der Waals surface area contributed by atoms with Crippen LogP contribution in [0, 0.1) is 11.3 Å². The van der Waals surface area contributed by atoms with E-state index in [1.54, 1.807) is 11.7 Å². The second-order valence-corrected chi connectivity index (χ2v) is 5.85. The molecule has 0 saturated carbocycles. The predicted molar refractivity (Wildman–Crippen MR) is 95.6 cm³/mol. The fourth-order valence-electron chi connectivity index (χ4n) is 2.62. The Morgan fingerprint density at radius 2 is 2.08 bits per heavy atom. The van der Waals surface area contributed by atoms with E-state index in [0.717, 1.165) is 5.69 Å². The summed E-state index contributed by atoms with van der Waals surface area (Å²) in [7, 11) is 1.65. The molecule has 0 atom stereocenters. The number of nitriles is 1. The maximum Gasteiger partial charge on any atom is 0.264 e. The number of fused-ring (bicyclic) bond motifs is 1. The molecule has 2 aromatic heterocycles. The Labute approximate surface area is 149 Å². The van der Waals surface area contributed by atoms with Gasteiger partial charge in [0.1, 0.15) is 5.39 Å². The van der Waals surface area contributed by atoms with Crippen molar-refractivity contribution in [1.82, 2.24) is 24.2 Å². The molecule has 0 aliphatic rings. The average molecular weight is 350 g/mol. The van der Waals surface area contributed by atoms with E-state index in [-0.39, 0.29) is 30.9 Å². The maximum atomic E-state index is 12.6. The molecule has 0 fully saturated rings. The van der Waals surface area contributed by atoms with Crippen LogP contribution >= 0.6 is 0 Å². The summed E-state index contributed by atoms with van der Waals surface area (Å²) in [5.74, 6) is -0.118. The fourth-order valence-corrected chi connectivity index (χ4v) is 2.62. The molecule has 132 valence electrons. The number of hydrogen-bond donors (Lipinski definition) is 0. The molecule has 8 heteroatoms. The highest BCUT2D eigenvalue weighted by molar-refractivity contribution is 5.76. The van der Waals surface area contributed by atoms with Gasteiger partial charge in [-0.2, -0.15) is 10.4 Å². The van der Waals surface area contributed by atoms with Crippen molar-refractivity contribution < 1.29 is 4.79 Å². The lowest BCUT2D eigenvalue weighted by Gasteiger charge is -2.15. The normalized spacial score (nSPS) is 10.6. The minimum Gasteiger partial charge on any atom is -0.345 e. The number of nitrogens with zero attached hydrogens (tertiary/aromatic N) is 6. The fraction of sp³-hybridized carbons (Fsp3) is 0.278. The number of amides is 1. The van der Waals surface area contributed by atoms with Crippen LogP contribution < -0.4 is 5.56 Å². The standard InChI is InChI=1S/C18H18N6O2/c1-22(10-5-9-19)16(25)8-11-23-13-20-17-15(18(23)26)12-21-24(17)14-6-3-2-4-7-14/h2-4,6-7,12-13H,5,8,10-11H2,1H3. The van der Waals surface area contributed by atoms with Gasteiger partial charge in [-0.1, -0.05) is 18.2 Å². The van der Waals surface area contributed by atoms with Crippen LogP contribution in [0.3, 0.4) is 0 Å². The molecular weight excluding hydrogens is 332 g/mol. The quantitative estimate of drug-likeness (QED) is 0.668. The zero-order valence-corrected chi connectivity index (χ0v) is 14.4. The first-order chi connectivity index (χ1) is 12.6. The van der Waals surface area contributed by atoms with Crippen LogP contribution in [-0.2, 0) is 11.3 Å². The third-order valence-corrected chi connectivity index (χ3v) is 4.11. The predicted octanol–water partition coefficient (Wildman–Crippen LogP) is 1.34. The molecule has 1 aromatic carbocycles. The Bertz CT molecular complexity index is 1020. The van der Waals surface area contributed by atoms with Gasteiger partial charge in [0.05, 0.1) is 30.7 Å². The molecule has 26 heavy (non-hydrogen) atoms. The maximum absolute atomic E-state index is 12.6. The van der Waals surface area contributed by atoms with E-state index in [9.17, 15) is 9.59 Å². The van der Waals surface area contributed by atoms with Crippen LogP contribution in [0.4, 0.5) is 0 Å². The molecule has 0 spiro atoms. The Morgan fingerprint density at radius 1 is 1.31 bits per heavy atom. The van der Waals surface area contributed by atoms with Crippen LogP contribution in [0.5, 0.6) is 0 Å². The Morgan fingerprint density at radius 3 is 2.81 bits per heavy atom. The monoisotopic (exact) mass is 350 g/mol. The van der Waals surface area contributed by atoms with Gasteiger partial charge in [-0.3, -0.25) is 14.2 Å². The molecule has 0 unspecified atom stereocenters. The number of carbonyl (C=O) groups is 1. The number of rotatable bonds is 6. The summed E-state index contributed by atoms with van der Waals surface area (Å²) >= 11 is 0. The van der Waals surface area contributed by atoms with Gasteiger partial charge < -0.3 is 4.90 Å². The molecule has 0 N–H and O–H groups in total. The van der Waals surface area contributed by atoms with Crippen molar-refractivity contribution in [3.05, 3.63) is 53.2 Å². The van der Waals surface area contributed by atoms with Crippen molar-refractivity contribution in [2.45, 2.75) is 19.4 Å². The summed E-state index contributed by atoms with van der Waals surface area (Å²) in [4.78, 5) is 30.5. The van der Waals surface area contributed by atoms with Crippen molar-refractivity contribution in [1.29, 1.82) is 5.26 Å². The molecular formula is C18H18N6O2. The van der Waals surface area contributed by atoms with Gasteiger partial charge in [-0.15, -0.1) is 0 Å². The topological polar surface area (TPSA) is 96.8 Å². The second-order valence-electron chi connectivity index (χ2n) is 5.85. The summed E-state index contributed by atoms with van der Waals surface area (Å²) in [5, 5.41) is 13.2. The summed E-state index contributed by atoms with van der Waals surface area (Å²) in [6.07, 6.45) is 3.39. The molecule has 0 aliphatic heterocycles. The Balaban J connectivity index is 1.80. The minimum atomic E-state index is -0.232. The highest BCUT2D eigenvalue weighted by atomic mass is 16.2. The van der Waals surface area contributed by atoms with E-state index < -0.39 is 0 Å². The number of para-hydroxylation sites is 1. The molecule has 0 saturated heterocycles. The van der Waals surface area contributed by atoms with Gasteiger partial charge in [0, 0.05) is 26.6 Å². The van der Waals surface area contributed by atoms with E-state index in [1.165, 1.54) is 22.0 Å². The highest BCUT2D eigenvalue weighted by Gasteiger charge is 2.13. The van der Waals surface area contributed by atoms with Gasteiger partial charge in [0.25, 0.3) is 5.56 Å². The number of benzene rings is 1. The van der Waals surface area contributed by atoms with Crippen LogP contribution in [0.2, 0.25) is 0 Å². The van der Waals surface area contributed by atoms with E-state index in [0.29, 0.717) is 17.6 Å². The molecule has 0 radical (unpaired) electrons. The van der Waals surface area contributed by atoms with Gasteiger partial charge in [-0.25, -0.2) is 9.67 Å². The zero-order chi connectivity index (χ0) is 18.5. The molecule has 0 aliphatic carbocycles. The van der Waals surface area contributed by atoms with Gasteiger partial charge in [0.2, 0.25) is 5.91 Å². The van der Waals surface area contributed by atoms with E-state index in [2.05, 4.69) is 10.1 Å². The van der Waals surface area contributed by atoms with Crippen molar-refractivity contribution in [3.63, 3.8) is 0 Å². The van der Waals surface area contributed by atoms with Crippen molar-refractivity contribution >= 4 is 16.9 Å². The summed E-state index contributed by atoms with van der Waals surface area (Å²) in [6.45, 7) is 0.610. The first-order valence-electron chi connectivity index (χ1n) is 8.21.